The van der Waals surface area contributed by atoms with Gasteiger partial charge in [0.25, 0.3) is 0 Å². The predicted molar refractivity (Wildman–Crippen MR) is 59.3 cm³/mol. The quantitative estimate of drug-likeness (QED) is 0.788. The van der Waals surface area contributed by atoms with Gasteiger partial charge in [-0.2, -0.15) is 0 Å². The Bertz CT molecular complexity index is 283. The summed E-state index contributed by atoms with van der Waals surface area (Å²) in [5.41, 5.74) is 2.29. The molecule has 0 heterocycles. The fraction of sp³-hybridized carbons (Fsp3) is 0.500. The molecule has 1 atom stereocenters. The first-order chi connectivity index (χ1) is 6.63. The zero-order chi connectivity index (χ0) is 10.6. The summed E-state index contributed by atoms with van der Waals surface area (Å²) in [6.45, 7) is 2.80. The van der Waals surface area contributed by atoms with Crippen molar-refractivity contribution in [2.24, 2.45) is 0 Å². The van der Waals surface area contributed by atoms with E-state index in [1.165, 1.54) is 5.56 Å². The van der Waals surface area contributed by atoms with Gasteiger partial charge in [-0.15, -0.1) is 0 Å². The zero-order valence-electron chi connectivity index (χ0n) is 9.20. The largest absolute Gasteiger partial charge is 0.387 e. The van der Waals surface area contributed by atoms with E-state index in [1.807, 2.05) is 31.1 Å². The van der Waals surface area contributed by atoms with Crippen molar-refractivity contribution in [3.63, 3.8) is 0 Å². The van der Waals surface area contributed by atoms with Gasteiger partial charge < -0.3 is 10.0 Å². The highest BCUT2D eigenvalue weighted by Crippen LogP contribution is 2.15. The second-order valence-electron chi connectivity index (χ2n) is 3.88. The van der Waals surface area contributed by atoms with E-state index in [0.717, 1.165) is 12.0 Å². The van der Waals surface area contributed by atoms with Gasteiger partial charge in [0, 0.05) is 6.54 Å². The molecule has 0 aliphatic heterocycles. The van der Waals surface area contributed by atoms with Crippen LogP contribution in [0.4, 0.5) is 0 Å². The summed E-state index contributed by atoms with van der Waals surface area (Å²) in [7, 11) is 3.93. The van der Waals surface area contributed by atoms with Gasteiger partial charge in [0.05, 0.1) is 6.10 Å². The Morgan fingerprint density at radius 2 is 2.07 bits per heavy atom. The van der Waals surface area contributed by atoms with E-state index in [0.29, 0.717) is 6.54 Å². The summed E-state index contributed by atoms with van der Waals surface area (Å²) in [5, 5.41) is 9.87. The lowest BCUT2D eigenvalue weighted by atomic mass is 10.0. The van der Waals surface area contributed by atoms with Crippen LogP contribution in [0, 0.1) is 0 Å². The molecule has 0 aromatic heterocycles. The van der Waals surface area contributed by atoms with Crippen LogP contribution in [-0.2, 0) is 6.42 Å². The summed E-state index contributed by atoms with van der Waals surface area (Å²) in [4.78, 5) is 1.99. The first-order valence-corrected chi connectivity index (χ1v) is 5.05. The Balaban J connectivity index is 2.73. The number of aliphatic hydroxyl groups is 1. The number of benzene rings is 1. The second kappa shape index (κ2) is 5.13. The number of likely N-dealkylation sites (N-methyl/N-ethyl adjacent to an activating group) is 1. The molecule has 2 heteroatoms. The molecule has 2 nitrogen and oxygen atoms in total. The highest BCUT2D eigenvalue weighted by atomic mass is 16.3. The molecule has 0 spiro atoms. The van der Waals surface area contributed by atoms with E-state index in [2.05, 4.69) is 19.1 Å². The van der Waals surface area contributed by atoms with Gasteiger partial charge >= 0.3 is 0 Å². The molecule has 0 fully saturated rings. The summed E-state index contributed by atoms with van der Waals surface area (Å²) in [5.74, 6) is 0. The summed E-state index contributed by atoms with van der Waals surface area (Å²) in [6.07, 6.45) is 0.638. The SMILES string of the molecule is CCc1cccc(C(O)CN(C)C)c1. The number of rotatable bonds is 4. The molecule has 0 saturated heterocycles. The van der Waals surface area contributed by atoms with Gasteiger partial charge in [-0.25, -0.2) is 0 Å². The van der Waals surface area contributed by atoms with E-state index < -0.39 is 0 Å². The highest BCUT2D eigenvalue weighted by molar-refractivity contribution is 5.25. The molecule has 1 aromatic rings. The van der Waals surface area contributed by atoms with Crippen LogP contribution in [-0.4, -0.2) is 30.6 Å². The molecular weight excluding hydrogens is 174 g/mol. The first-order valence-electron chi connectivity index (χ1n) is 5.05. The van der Waals surface area contributed by atoms with Crippen LogP contribution in [0.1, 0.15) is 24.2 Å². The topological polar surface area (TPSA) is 23.5 Å². The standard InChI is InChI=1S/C12H19NO/c1-4-10-6-5-7-11(8-10)12(14)9-13(2)3/h5-8,12,14H,4,9H2,1-3H3. The lowest BCUT2D eigenvalue weighted by Gasteiger charge is -2.16. The van der Waals surface area contributed by atoms with Crippen LogP contribution in [0.15, 0.2) is 24.3 Å². The van der Waals surface area contributed by atoms with Crippen LogP contribution < -0.4 is 0 Å². The van der Waals surface area contributed by atoms with E-state index in [-0.39, 0.29) is 6.10 Å². The Kier molecular flexibility index (Phi) is 4.11. The van der Waals surface area contributed by atoms with Crippen LogP contribution in [0.5, 0.6) is 0 Å². The maximum absolute atomic E-state index is 9.87. The third-order valence-electron chi connectivity index (χ3n) is 2.28. The van der Waals surface area contributed by atoms with E-state index in [4.69, 9.17) is 0 Å². The van der Waals surface area contributed by atoms with Crippen molar-refractivity contribution in [3.05, 3.63) is 35.4 Å². The van der Waals surface area contributed by atoms with Gasteiger partial charge in [-0.1, -0.05) is 31.2 Å². The lowest BCUT2D eigenvalue weighted by molar-refractivity contribution is 0.138. The zero-order valence-corrected chi connectivity index (χ0v) is 9.20. The van der Waals surface area contributed by atoms with E-state index in [1.54, 1.807) is 0 Å². The van der Waals surface area contributed by atoms with Crippen molar-refractivity contribution >= 4 is 0 Å². The van der Waals surface area contributed by atoms with Crippen molar-refractivity contribution in [2.45, 2.75) is 19.4 Å². The molecular formula is C12H19NO. The van der Waals surface area contributed by atoms with Crippen LogP contribution in [0.25, 0.3) is 0 Å². The molecule has 0 radical (unpaired) electrons. The average molecular weight is 193 g/mol. The molecule has 0 bridgehead atoms. The monoisotopic (exact) mass is 193 g/mol. The maximum atomic E-state index is 9.87. The molecule has 1 rings (SSSR count). The van der Waals surface area contributed by atoms with Crippen molar-refractivity contribution in [1.82, 2.24) is 4.90 Å². The van der Waals surface area contributed by atoms with Crippen molar-refractivity contribution in [3.8, 4) is 0 Å². The van der Waals surface area contributed by atoms with Crippen molar-refractivity contribution in [2.75, 3.05) is 20.6 Å². The fourth-order valence-corrected chi connectivity index (χ4v) is 1.47. The summed E-state index contributed by atoms with van der Waals surface area (Å²) >= 11 is 0. The van der Waals surface area contributed by atoms with Crippen molar-refractivity contribution in [1.29, 1.82) is 0 Å². The molecule has 1 unspecified atom stereocenters. The van der Waals surface area contributed by atoms with Gasteiger partial charge in [0.2, 0.25) is 0 Å². The van der Waals surface area contributed by atoms with Crippen LogP contribution >= 0.6 is 0 Å². The Morgan fingerprint density at radius 1 is 1.36 bits per heavy atom. The minimum Gasteiger partial charge on any atom is -0.387 e. The Hall–Kier alpha value is -0.860. The number of hydrogen-bond donors (Lipinski definition) is 1. The maximum Gasteiger partial charge on any atom is 0.0916 e. The first kappa shape index (κ1) is 11.2. The van der Waals surface area contributed by atoms with Gasteiger partial charge in [-0.05, 0) is 31.6 Å². The third kappa shape index (κ3) is 3.13. The smallest absolute Gasteiger partial charge is 0.0916 e. The third-order valence-corrected chi connectivity index (χ3v) is 2.28. The lowest BCUT2D eigenvalue weighted by Crippen LogP contribution is -2.20. The van der Waals surface area contributed by atoms with Gasteiger partial charge in [0.15, 0.2) is 0 Å². The summed E-state index contributed by atoms with van der Waals surface area (Å²) in [6, 6.07) is 8.15. The average Bonchev–Trinajstić information content (AvgIpc) is 2.17. The van der Waals surface area contributed by atoms with Crippen LogP contribution in [0.2, 0.25) is 0 Å². The molecule has 0 aliphatic rings. The number of nitrogens with zero attached hydrogens (tertiary/aromatic N) is 1. The number of hydrogen-bond acceptors (Lipinski definition) is 2. The highest BCUT2D eigenvalue weighted by Gasteiger charge is 2.08. The number of aryl methyl sites for hydroxylation is 1. The normalized spacial score (nSPS) is 13.2. The van der Waals surface area contributed by atoms with E-state index >= 15 is 0 Å². The molecule has 0 saturated carbocycles. The van der Waals surface area contributed by atoms with Crippen LogP contribution in [0.3, 0.4) is 0 Å². The second-order valence-corrected chi connectivity index (χ2v) is 3.88. The molecule has 1 aromatic carbocycles. The predicted octanol–water partition coefficient (Wildman–Crippen LogP) is 1.84. The van der Waals surface area contributed by atoms with Gasteiger partial charge in [0.1, 0.15) is 0 Å². The molecule has 0 amide bonds. The Labute approximate surface area is 86.2 Å². The van der Waals surface area contributed by atoms with Crippen molar-refractivity contribution < 1.29 is 5.11 Å². The Morgan fingerprint density at radius 3 is 2.64 bits per heavy atom. The fourth-order valence-electron chi connectivity index (χ4n) is 1.47. The molecule has 78 valence electrons. The molecule has 0 aliphatic carbocycles. The summed E-state index contributed by atoms with van der Waals surface area (Å²) < 4.78 is 0. The minimum atomic E-state index is -0.378. The van der Waals surface area contributed by atoms with Gasteiger partial charge in [-0.3, -0.25) is 0 Å². The van der Waals surface area contributed by atoms with E-state index in [9.17, 15) is 5.11 Å². The number of aliphatic hydroxyl groups excluding tert-OH is 1. The minimum absolute atomic E-state index is 0.378. The molecule has 14 heavy (non-hydrogen) atoms. The molecule has 1 N–H and O–H groups in total.